The Morgan fingerprint density at radius 2 is 1.77 bits per heavy atom. The number of ether oxygens (including phenoxy) is 1. The van der Waals surface area contributed by atoms with Gasteiger partial charge in [0, 0.05) is 26.7 Å². The van der Waals surface area contributed by atoms with Gasteiger partial charge in [-0.25, -0.2) is 8.42 Å². The first-order chi connectivity index (χ1) is 14.4. The molecule has 1 amide bonds. The average molecular weight is 432 g/mol. The van der Waals surface area contributed by atoms with Crippen LogP contribution in [0.1, 0.15) is 22.3 Å². The Kier molecular flexibility index (Phi) is 7.47. The number of amides is 1. The van der Waals surface area contributed by atoms with Crippen LogP contribution >= 0.6 is 0 Å². The molecule has 0 bridgehead atoms. The summed E-state index contributed by atoms with van der Waals surface area (Å²) in [6.07, 6.45) is 0.825. The third-order valence-corrected chi connectivity index (χ3v) is 6.99. The van der Waals surface area contributed by atoms with Crippen molar-refractivity contribution in [2.45, 2.75) is 18.2 Å². The minimum absolute atomic E-state index is 0.191. The maximum absolute atomic E-state index is 13.0. The molecule has 0 aliphatic carbocycles. The molecule has 1 N–H and O–H groups in total. The highest BCUT2D eigenvalue weighted by molar-refractivity contribution is 7.92. The molecule has 162 valence electrons. The van der Waals surface area contributed by atoms with Crippen LogP contribution < -0.4 is 9.62 Å². The van der Waals surface area contributed by atoms with Crippen LogP contribution in [0, 0.1) is 6.92 Å². The van der Waals surface area contributed by atoms with E-state index in [0.29, 0.717) is 17.8 Å². The van der Waals surface area contributed by atoms with Crippen LogP contribution in [0.5, 0.6) is 0 Å². The summed E-state index contributed by atoms with van der Waals surface area (Å²) in [6, 6.07) is 13.4. The van der Waals surface area contributed by atoms with Crippen LogP contribution in [0.3, 0.4) is 0 Å². The fraction of sp³-hybridized carbons (Fsp3) is 0.409. The molecule has 0 aromatic heterocycles. The van der Waals surface area contributed by atoms with Crippen LogP contribution in [-0.4, -0.2) is 65.7 Å². The molecule has 0 radical (unpaired) electrons. The molecule has 3 rings (SSSR count). The number of anilines is 1. The highest BCUT2D eigenvalue weighted by Gasteiger charge is 2.25. The summed E-state index contributed by atoms with van der Waals surface area (Å²) in [4.78, 5) is 15.3. The average Bonchev–Trinajstić information content (AvgIpc) is 2.77. The zero-order chi connectivity index (χ0) is 21.6. The molecule has 7 nitrogen and oxygen atoms in total. The van der Waals surface area contributed by atoms with Gasteiger partial charge < -0.3 is 10.1 Å². The topological polar surface area (TPSA) is 79.0 Å². The normalized spacial score (nSPS) is 15.0. The number of hydrogen-bond acceptors (Lipinski definition) is 5. The van der Waals surface area contributed by atoms with Crippen molar-refractivity contribution in [1.82, 2.24) is 10.2 Å². The molecule has 1 heterocycles. The van der Waals surface area contributed by atoms with Gasteiger partial charge in [-0.1, -0.05) is 29.8 Å². The first-order valence-corrected chi connectivity index (χ1v) is 11.6. The largest absolute Gasteiger partial charge is 0.379 e. The Hall–Kier alpha value is -2.42. The second-order valence-electron chi connectivity index (χ2n) is 7.37. The van der Waals surface area contributed by atoms with Gasteiger partial charge in [0.1, 0.15) is 0 Å². The van der Waals surface area contributed by atoms with Crippen molar-refractivity contribution < 1.29 is 17.9 Å². The van der Waals surface area contributed by atoms with E-state index in [2.05, 4.69) is 10.2 Å². The number of nitrogens with one attached hydrogen (secondary N) is 1. The second kappa shape index (κ2) is 10.1. The summed E-state index contributed by atoms with van der Waals surface area (Å²) >= 11 is 0. The lowest BCUT2D eigenvalue weighted by molar-refractivity contribution is 0.0374. The lowest BCUT2D eigenvalue weighted by atomic mass is 10.1. The van der Waals surface area contributed by atoms with E-state index in [4.69, 9.17) is 4.74 Å². The van der Waals surface area contributed by atoms with Crippen LogP contribution in [0.25, 0.3) is 0 Å². The molecular formula is C22H29N3O4S. The number of nitrogens with zero attached hydrogens (tertiary/aromatic N) is 2. The molecular weight excluding hydrogens is 402 g/mol. The zero-order valence-corrected chi connectivity index (χ0v) is 18.3. The number of aryl methyl sites for hydroxylation is 1. The molecule has 0 atom stereocenters. The predicted octanol–water partition coefficient (Wildman–Crippen LogP) is 2.27. The summed E-state index contributed by atoms with van der Waals surface area (Å²) in [5.74, 6) is -0.279. The van der Waals surface area contributed by atoms with E-state index in [-0.39, 0.29) is 10.8 Å². The second-order valence-corrected chi connectivity index (χ2v) is 9.34. The number of carbonyl (C=O) groups excluding carboxylic acids is 1. The standard InChI is InChI=1S/C22H29N3O4S/c1-18-8-10-19(11-9-18)30(27,28)24(2)21-7-4-3-6-20(21)22(26)23-12-5-13-25-14-16-29-17-15-25/h3-4,6-11H,5,12-17H2,1-2H3,(H,23,26). The lowest BCUT2D eigenvalue weighted by Crippen LogP contribution is -2.38. The van der Waals surface area contributed by atoms with Gasteiger partial charge in [0.15, 0.2) is 0 Å². The fourth-order valence-electron chi connectivity index (χ4n) is 3.36. The Morgan fingerprint density at radius 1 is 1.10 bits per heavy atom. The van der Waals surface area contributed by atoms with Gasteiger partial charge in [-0.3, -0.25) is 14.0 Å². The maximum Gasteiger partial charge on any atom is 0.264 e. The Labute approximate surface area is 178 Å². The molecule has 1 saturated heterocycles. The number of rotatable bonds is 8. The van der Waals surface area contributed by atoms with Crippen molar-refractivity contribution in [1.29, 1.82) is 0 Å². The summed E-state index contributed by atoms with van der Waals surface area (Å²) in [7, 11) is -2.30. The summed E-state index contributed by atoms with van der Waals surface area (Å²) in [5, 5.41) is 2.91. The van der Waals surface area contributed by atoms with Crippen molar-refractivity contribution in [2.75, 3.05) is 50.7 Å². The zero-order valence-electron chi connectivity index (χ0n) is 17.5. The van der Waals surface area contributed by atoms with Crippen LogP contribution in [0.2, 0.25) is 0 Å². The molecule has 2 aromatic rings. The van der Waals surface area contributed by atoms with E-state index < -0.39 is 10.0 Å². The number of hydrogen-bond donors (Lipinski definition) is 1. The number of para-hydroxylation sites is 1. The molecule has 1 fully saturated rings. The Morgan fingerprint density at radius 3 is 2.47 bits per heavy atom. The monoisotopic (exact) mass is 431 g/mol. The van der Waals surface area contributed by atoms with E-state index in [1.807, 2.05) is 6.92 Å². The molecule has 1 aliphatic rings. The van der Waals surface area contributed by atoms with Crippen molar-refractivity contribution in [3.05, 3.63) is 59.7 Å². The smallest absolute Gasteiger partial charge is 0.264 e. The van der Waals surface area contributed by atoms with E-state index in [1.165, 1.54) is 11.4 Å². The highest BCUT2D eigenvalue weighted by atomic mass is 32.2. The SMILES string of the molecule is Cc1ccc(S(=O)(=O)N(C)c2ccccc2C(=O)NCCCN2CCOCC2)cc1. The third kappa shape index (κ3) is 5.38. The first-order valence-electron chi connectivity index (χ1n) is 10.1. The van der Waals surface area contributed by atoms with Crippen molar-refractivity contribution >= 4 is 21.6 Å². The third-order valence-electron chi connectivity index (χ3n) is 5.21. The number of sulfonamides is 1. The van der Waals surface area contributed by atoms with Crippen molar-refractivity contribution in [3.8, 4) is 0 Å². The Balaban J connectivity index is 1.67. The molecule has 1 aliphatic heterocycles. The quantitative estimate of drug-likeness (QED) is 0.649. The number of carbonyl (C=O) groups is 1. The predicted molar refractivity (Wildman–Crippen MR) is 117 cm³/mol. The first kappa shape index (κ1) is 22.3. The maximum atomic E-state index is 13.0. The van der Waals surface area contributed by atoms with Gasteiger partial charge in [-0.15, -0.1) is 0 Å². The summed E-state index contributed by atoms with van der Waals surface area (Å²) in [5.41, 5.74) is 1.67. The van der Waals surface area contributed by atoms with E-state index in [1.54, 1.807) is 48.5 Å². The molecule has 0 unspecified atom stereocenters. The van der Waals surface area contributed by atoms with Gasteiger partial charge in [-0.2, -0.15) is 0 Å². The lowest BCUT2D eigenvalue weighted by Gasteiger charge is -2.26. The van der Waals surface area contributed by atoms with Gasteiger partial charge in [0.2, 0.25) is 0 Å². The Bertz CT molecular complexity index is 955. The van der Waals surface area contributed by atoms with Crippen LogP contribution in [-0.2, 0) is 14.8 Å². The van der Waals surface area contributed by atoms with Gasteiger partial charge in [-0.05, 0) is 44.2 Å². The van der Waals surface area contributed by atoms with Crippen LogP contribution in [0.15, 0.2) is 53.4 Å². The van der Waals surface area contributed by atoms with Gasteiger partial charge in [0.25, 0.3) is 15.9 Å². The molecule has 8 heteroatoms. The van der Waals surface area contributed by atoms with E-state index >= 15 is 0 Å². The van der Waals surface area contributed by atoms with E-state index in [0.717, 1.165) is 44.8 Å². The number of benzene rings is 2. The van der Waals surface area contributed by atoms with Crippen molar-refractivity contribution in [3.63, 3.8) is 0 Å². The van der Waals surface area contributed by atoms with Crippen LogP contribution in [0.4, 0.5) is 5.69 Å². The minimum atomic E-state index is -3.77. The minimum Gasteiger partial charge on any atom is -0.379 e. The summed E-state index contributed by atoms with van der Waals surface area (Å²) < 4.78 is 32.6. The summed E-state index contributed by atoms with van der Waals surface area (Å²) in [6.45, 7) is 6.66. The van der Waals surface area contributed by atoms with Crippen molar-refractivity contribution in [2.24, 2.45) is 0 Å². The fourth-order valence-corrected chi connectivity index (χ4v) is 4.58. The number of morpholine rings is 1. The van der Waals surface area contributed by atoms with Gasteiger partial charge in [0.05, 0.1) is 29.4 Å². The molecule has 0 saturated carbocycles. The molecule has 30 heavy (non-hydrogen) atoms. The molecule has 2 aromatic carbocycles. The molecule has 0 spiro atoms. The highest BCUT2D eigenvalue weighted by Crippen LogP contribution is 2.25. The van der Waals surface area contributed by atoms with Gasteiger partial charge >= 0.3 is 0 Å². The van der Waals surface area contributed by atoms with E-state index in [9.17, 15) is 13.2 Å².